The second-order valence-corrected chi connectivity index (χ2v) is 8.35. The number of nitrogens with one attached hydrogen (secondary N) is 2. The number of carbonyl (C=O) groups excluding carboxylic acids is 3. The summed E-state index contributed by atoms with van der Waals surface area (Å²) in [5.74, 6) is -0.719. The molecule has 1 aromatic rings. The maximum absolute atomic E-state index is 12.9. The number of nitrogens with zero attached hydrogens (tertiary/aromatic N) is 3. The van der Waals surface area contributed by atoms with Crippen LogP contribution in [0.4, 0.5) is 5.82 Å². The van der Waals surface area contributed by atoms with Crippen molar-refractivity contribution in [3.63, 3.8) is 0 Å². The van der Waals surface area contributed by atoms with Crippen LogP contribution >= 0.6 is 0 Å². The first-order chi connectivity index (χ1) is 13.7. The van der Waals surface area contributed by atoms with Crippen molar-refractivity contribution in [1.82, 2.24) is 20.0 Å². The summed E-state index contributed by atoms with van der Waals surface area (Å²) in [6, 6.07) is 1.64. The quantitative estimate of drug-likeness (QED) is 0.617. The molecular formula is C20H31N5O4. The molecule has 1 aromatic heterocycles. The van der Waals surface area contributed by atoms with Gasteiger partial charge in [0.2, 0.25) is 11.8 Å². The Kier molecular flexibility index (Phi) is 5.97. The molecule has 3 amide bonds. The minimum absolute atomic E-state index is 0.222. The van der Waals surface area contributed by atoms with Crippen LogP contribution in [0.3, 0.4) is 0 Å². The fourth-order valence-corrected chi connectivity index (χ4v) is 4.99. The van der Waals surface area contributed by atoms with E-state index in [1.165, 1.54) is 13.8 Å². The van der Waals surface area contributed by atoms with Crippen LogP contribution in [0.15, 0.2) is 12.3 Å². The lowest BCUT2D eigenvalue weighted by Crippen LogP contribution is -2.75. The van der Waals surface area contributed by atoms with E-state index < -0.39 is 23.2 Å². The summed E-state index contributed by atoms with van der Waals surface area (Å²) in [6.45, 7) is 2.88. The van der Waals surface area contributed by atoms with E-state index in [9.17, 15) is 19.5 Å². The summed E-state index contributed by atoms with van der Waals surface area (Å²) < 4.78 is 1.55. The molecule has 1 unspecified atom stereocenters. The third-order valence-corrected chi connectivity index (χ3v) is 6.22. The van der Waals surface area contributed by atoms with Crippen LogP contribution in [0.2, 0.25) is 0 Å². The molecule has 0 saturated heterocycles. The van der Waals surface area contributed by atoms with Crippen LogP contribution in [0, 0.1) is 0 Å². The second-order valence-electron chi connectivity index (χ2n) is 8.35. The number of rotatable bonds is 6. The highest BCUT2D eigenvalue weighted by Gasteiger charge is 2.58. The van der Waals surface area contributed by atoms with Gasteiger partial charge in [-0.2, -0.15) is 5.10 Å². The molecule has 3 rings (SSSR count). The van der Waals surface area contributed by atoms with Gasteiger partial charge < -0.3 is 20.6 Å². The molecule has 2 aliphatic carbocycles. The highest BCUT2D eigenvalue weighted by atomic mass is 16.3. The van der Waals surface area contributed by atoms with Gasteiger partial charge in [0.25, 0.3) is 5.91 Å². The average molecular weight is 405 g/mol. The van der Waals surface area contributed by atoms with Gasteiger partial charge in [0, 0.05) is 33.2 Å². The van der Waals surface area contributed by atoms with Crippen molar-refractivity contribution in [1.29, 1.82) is 0 Å². The number of hydrogen-bond donors (Lipinski definition) is 3. The van der Waals surface area contributed by atoms with E-state index in [0.717, 1.165) is 25.7 Å². The molecule has 2 saturated carbocycles. The van der Waals surface area contributed by atoms with Gasteiger partial charge in [0.15, 0.2) is 11.9 Å². The first kappa shape index (κ1) is 21.3. The van der Waals surface area contributed by atoms with Gasteiger partial charge in [-0.05, 0) is 44.9 Å². The molecule has 9 nitrogen and oxygen atoms in total. The first-order valence-corrected chi connectivity index (χ1v) is 10.3. The lowest BCUT2D eigenvalue weighted by molar-refractivity contribution is -0.179. The van der Waals surface area contributed by atoms with Gasteiger partial charge in [0.1, 0.15) is 5.66 Å². The Morgan fingerprint density at radius 1 is 1.14 bits per heavy atom. The molecule has 0 aromatic carbocycles. The van der Waals surface area contributed by atoms with Crippen molar-refractivity contribution in [2.45, 2.75) is 82.5 Å². The Morgan fingerprint density at radius 3 is 2.24 bits per heavy atom. The van der Waals surface area contributed by atoms with Crippen LogP contribution < -0.4 is 10.6 Å². The number of anilines is 1. The largest absolute Gasteiger partial charge is 0.381 e. The van der Waals surface area contributed by atoms with Gasteiger partial charge in [-0.25, -0.2) is 0 Å². The highest BCUT2D eigenvalue weighted by molar-refractivity contribution is 5.95. The first-order valence-electron chi connectivity index (χ1n) is 10.3. The number of amides is 3. The monoisotopic (exact) mass is 405 g/mol. The van der Waals surface area contributed by atoms with Crippen molar-refractivity contribution >= 4 is 23.5 Å². The van der Waals surface area contributed by atoms with Gasteiger partial charge >= 0.3 is 0 Å². The lowest BCUT2D eigenvalue weighted by atomic mass is 9.68. The van der Waals surface area contributed by atoms with Crippen molar-refractivity contribution in [3.05, 3.63) is 12.3 Å². The second kappa shape index (κ2) is 8.14. The van der Waals surface area contributed by atoms with E-state index in [0.29, 0.717) is 31.5 Å². The normalized spacial score (nSPS) is 20.8. The molecule has 29 heavy (non-hydrogen) atoms. The highest BCUT2D eigenvalue weighted by Crippen LogP contribution is 2.47. The summed E-state index contributed by atoms with van der Waals surface area (Å²) in [5.41, 5.74) is -1.91. The van der Waals surface area contributed by atoms with Crippen LogP contribution in [-0.2, 0) is 21.4 Å². The zero-order chi connectivity index (χ0) is 21.2. The Balaban J connectivity index is 1.93. The predicted molar refractivity (Wildman–Crippen MR) is 107 cm³/mol. The van der Waals surface area contributed by atoms with Crippen LogP contribution in [0.1, 0.15) is 65.2 Å². The van der Waals surface area contributed by atoms with E-state index >= 15 is 0 Å². The van der Waals surface area contributed by atoms with E-state index in [-0.39, 0.29) is 11.8 Å². The number of hydrogen-bond acceptors (Lipinski definition) is 5. The Hall–Kier alpha value is -2.42. The molecule has 160 valence electrons. The third-order valence-electron chi connectivity index (χ3n) is 6.22. The number of carbonyl (C=O) groups is 3. The third kappa shape index (κ3) is 4.01. The van der Waals surface area contributed by atoms with Gasteiger partial charge in [0.05, 0.1) is 5.54 Å². The van der Waals surface area contributed by atoms with Gasteiger partial charge in [-0.3, -0.25) is 19.1 Å². The molecule has 0 spiro atoms. The fraction of sp³-hybridized carbons (Fsp3) is 0.700. The number of aromatic nitrogens is 2. The molecule has 9 heteroatoms. The molecule has 0 bridgehead atoms. The number of aliphatic hydroxyl groups is 1. The zero-order valence-corrected chi connectivity index (χ0v) is 17.4. The van der Waals surface area contributed by atoms with E-state index in [2.05, 4.69) is 15.7 Å². The SMILES string of the molecule is CC(=O)NC1(N(C(C)=O)C2(C(O)C(=O)Nc3ccn(C)n3)CCC2)CCCCC1. The van der Waals surface area contributed by atoms with Crippen LogP contribution in [0.5, 0.6) is 0 Å². The van der Waals surface area contributed by atoms with Crippen LogP contribution in [0.25, 0.3) is 0 Å². The van der Waals surface area contributed by atoms with E-state index in [4.69, 9.17) is 0 Å². The van der Waals surface area contributed by atoms with Gasteiger partial charge in [-0.1, -0.05) is 6.42 Å². The molecule has 0 radical (unpaired) electrons. The van der Waals surface area contributed by atoms with Crippen molar-refractivity contribution in [2.75, 3.05) is 5.32 Å². The topological polar surface area (TPSA) is 117 Å². The van der Waals surface area contributed by atoms with Gasteiger partial charge in [-0.15, -0.1) is 0 Å². The number of aryl methyl sites for hydroxylation is 1. The molecule has 3 N–H and O–H groups in total. The minimum Gasteiger partial charge on any atom is -0.381 e. The van der Waals surface area contributed by atoms with E-state index in [1.807, 2.05) is 0 Å². The van der Waals surface area contributed by atoms with Crippen molar-refractivity contribution < 1.29 is 19.5 Å². The predicted octanol–water partition coefficient (Wildman–Crippen LogP) is 1.29. The maximum atomic E-state index is 12.9. The fourth-order valence-electron chi connectivity index (χ4n) is 4.99. The molecule has 1 heterocycles. The van der Waals surface area contributed by atoms with Crippen molar-refractivity contribution in [2.24, 2.45) is 7.05 Å². The smallest absolute Gasteiger partial charge is 0.256 e. The lowest BCUT2D eigenvalue weighted by Gasteiger charge is -2.60. The standard InChI is InChI=1S/C20H31N5O4/c1-14(26)22-20(11-5-4-6-12-20)25(15(2)27)19(9-7-10-19)17(28)18(29)21-16-8-13-24(3)23-16/h8,13,17,28H,4-7,9-12H2,1-3H3,(H,22,26)(H,21,23,29). The Labute approximate surface area is 170 Å². The Morgan fingerprint density at radius 2 is 1.79 bits per heavy atom. The molecule has 0 aliphatic heterocycles. The molecule has 1 atom stereocenters. The van der Waals surface area contributed by atoms with Crippen molar-refractivity contribution in [3.8, 4) is 0 Å². The summed E-state index contributed by atoms with van der Waals surface area (Å²) >= 11 is 0. The average Bonchev–Trinajstić information content (AvgIpc) is 3.01. The summed E-state index contributed by atoms with van der Waals surface area (Å²) in [4.78, 5) is 39.4. The summed E-state index contributed by atoms with van der Waals surface area (Å²) in [6.07, 6.45) is 6.08. The minimum atomic E-state index is -1.42. The molecule has 2 fully saturated rings. The Bertz CT molecular complexity index is 780. The molecule has 2 aliphatic rings. The van der Waals surface area contributed by atoms with Crippen LogP contribution in [-0.4, -0.2) is 54.8 Å². The molecular weight excluding hydrogens is 374 g/mol. The number of aliphatic hydroxyl groups excluding tert-OH is 1. The maximum Gasteiger partial charge on any atom is 0.256 e. The summed E-state index contributed by atoms with van der Waals surface area (Å²) in [5, 5.41) is 20.9. The zero-order valence-electron chi connectivity index (χ0n) is 17.4. The van der Waals surface area contributed by atoms with E-state index in [1.54, 1.807) is 28.9 Å². The summed E-state index contributed by atoms with van der Waals surface area (Å²) in [7, 11) is 1.73.